The molecule has 4 nitrogen and oxygen atoms in total. The van der Waals surface area contributed by atoms with Crippen LogP contribution in [0.1, 0.15) is 42.6 Å². The molecule has 0 saturated heterocycles. The smallest absolute Gasteiger partial charge is 0.261 e. The number of hydrogen-bond acceptors (Lipinski definition) is 3. The third kappa shape index (κ3) is 3.98. The Hall–Kier alpha value is -1.07. The number of halogens is 1. The van der Waals surface area contributed by atoms with Crippen LogP contribution in [-0.2, 0) is 9.05 Å². The number of rotatable bonds is 5. The average molecular weight is 330 g/mol. The molecule has 0 atom stereocenters. The molecule has 0 N–H and O–H groups in total. The Morgan fingerprint density at radius 1 is 1.38 bits per heavy atom. The number of benzene rings is 1. The molecule has 0 spiro atoms. The number of nitrogens with zero attached hydrogens (tertiary/aromatic N) is 1. The number of carbonyl (C=O) groups is 1. The topological polar surface area (TPSA) is 54.5 Å². The standard InChI is InChI=1S/C15H20ClNO3S/c1-10(2)17(9-12-5-6-12)15(18)13-7-4-11(3)14(8-13)21(16,19)20/h4,7-8,10,12H,5-6,9H2,1-3H3. The lowest BCUT2D eigenvalue weighted by Crippen LogP contribution is -2.38. The average Bonchev–Trinajstić information content (AvgIpc) is 3.18. The first kappa shape index (κ1) is 16.3. The molecule has 0 aromatic heterocycles. The van der Waals surface area contributed by atoms with Crippen LogP contribution in [-0.4, -0.2) is 31.8 Å². The summed E-state index contributed by atoms with van der Waals surface area (Å²) in [5, 5.41) is 0. The van der Waals surface area contributed by atoms with Gasteiger partial charge in [0.1, 0.15) is 0 Å². The van der Waals surface area contributed by atoms with Crippen molar-refractivity contribution < 1.29 is 13.2 Å². The highest BCUT2D eigenvalue weighted by atomic mass is 35.7. The lowest BCUT2D eigenvalue weighted by atomic mass is 10.1. The molecule has 1 aliphatic rings. The zero-order chi connectivity index (χ0) is 15.8. The Kier molecular flexibility index (Phi) is 4.63. The van der Waals surface area contributed by atoms with Crippen LogP contribution in [0.3, 0.4) is 0 Å². The van der Waals surface area contributed by atoms with E-state index in [0.29, 0.717) is 17.0 Å². The van der Waals surface area contributed by atoms with Crippen molar-refractivity contribution in [3.63, 3.8) is 0 Å². The quantitative estimate of drug-likeness (QED) is 0.780. The van der Waals surface area contributed by atoms with E-state index in [1.807, 2.05) is 13.8 Å². The fourth-order valence-electron chi connectivity index (χ4n) is 2.27. The van der Waals surface area contributed by atoms with E-state index in [9.17, 15) is 13.2 Å². The van der Waals surface area contributed by atoms with Crippen molar-refractivity contribution in [1.82, 2.24) is 4.90 Å². The van der Waals surface area contributed by atoms with Crippen molar-refractivity contribution in [3.8, 4) is 0 Å². The van der Waals surface area contributed by atoms with Gasteiger partial charge in [0.25, 0.3) is 15.0 Å². The fourth-order valence-corrected chi connectivity index (χ4v) is 3.49. The van der Waals surface area contributed by atoms with E-state index in [1.54, 1.807) is 24.0 Å². The van der Waals surface area contributed by atoms with Gasteiger partial charge in [0, 0.05) is 28.8 Å². The largest absolute Gasteiger partial charge is 0.336 e. The molecule has 1 saturated carbocycles. The predicted octanol–water partition coefficient (Wildman–Crippen LogP) is 3.18. The van der Waals surface area contributed by atoms with E-state index >= 15 is 0 Å². The normalized spacial score (nSPS) is 15.3. The van der Waals surface area contributed by atoms with Gasteiger partial charge >= 0.3 is 0 Å². The van der Waals surface area contributed by atoms with Crippen molar-refractivity contribution in [1.29, 1.82) is 0 Å². The molecule has 2 rings (SSSR count). The van der Waals surface area contributed by atoms with Crippen LogP contribution in [0.4, 0.5) is 0 Å². The van der Waals surface area contributed by atoms with E-state index < -0.39 is 9.05 Å². The fraction of sp³-hybridized carbons (Fsp3) is 0.533. The molecule has 0 bridgehead atoms. The van der Waals surface area contributed by atoms with Gasteiger partial charge in [0.2, 0.25) is 0 Å². The molecule has 1 aromatic carbocycles. The Morgan fingerprint density at radius 2 is 2.00 bits per heavy atom. The first-order valence-corrected chi connectivity index (χ1v) is 9.37. The minimum Gasteiger partial charge on any atom is -0.336 e. The Morgan fingerprint density at radius 3 is 2.48 bits per heavy atom. The SMILES string of the molecule is Cc1ccc(C(=O)N(CC2CC2)C(C)C)cc1S(=O)(=O)Cl. The van der Waals surface area contributed by atoms with Crippen molar-refractivity contribution in [2.24, 2.45) is 5.92 Å². The summed E-state index contributed by atoms with van der Waals surface area (Å²) in [5.74, 6) is 0.441. The summed E-state index contributed by atoms with van der Waals surface area (Å²) >= 11 is 0. The minimum absolute atomic E-state index is 0.00476. The van der Waals surface area contributed by atoms with Crippen molar-refractivity contribution in [2.45, 2.75) is 44.6 Å². The molecular weight excluding hydrogens is 310 g/mol. The second-order valence-corrected chi connectivity index (χ2v) is 8.45. The monoisotopic (exact) mass is 329 g/mol. The Balaban J connectivity index is 2.33. The van der Waals surface area contributed by atoms with Crippen LogP contribution in [0, 0.1) is 12.8 Å². The molecule has 1 aromatic rings. The van der Waals surface area contributed by atoms with Crippen LogP contribution in [0.5, 0.6) is 0 Å². The van der Waals surface area contributed by atoms with Crippen LogP contribution in [0.25, 0.3) is 0 Å². The molecule has 0 unspecified atom stereocenters. The molecule has 1 fully saturated rings. The number of aryl methyl sites for hydroxylation is 1. The van der Waals surface area contributed by atoms with Gasteiger partial charge in [-0.2, -0.15) is 0 Å². The van der Waals surface area contributed by atoms with Gasteiger partial charge in [-0.15, -0.1) is 0 Å². The maximum atomic E-state index is 12.6. The summed E-state index contributed by atoms with van der Waals surface area (Å²) in [4.78, 5) is 14.4. The number of carbonyl (C=O) groups excluding carboxylic acids is 1. The third-order valence-electron chi connectivity index (χ3n) is 3.73. The van der Waals surface area contributed by atoms with E-state index in [2.05, 4.69) is 0 Å². The van der Waals surface area contributed by atoms with E-state index in [-0.39, 0.29) is 16.8 Å². The lowest BCUT2D eigenvalue weighted by molar-refractivity contribution is 0.0696. The molecule has 1 aliphatic carbocycles. The zero-order valence-corrected chi connectivity index (χ0v) is 14.0. The highest BCUT2D eigenvalue weighted by molar-refractivity contribution is 8.13. The third-order valence-corrected chi connectivity index (χ3v) is 5.20. The summed E-state index contributed by atoms with van der Waals surface area (Å²) in [6.07, 6.45) is 2.32. The molecule has 0 radical (unpaired) electrons. The molecular formula is C15H20ClNO3S. The van der Waals surface area contributed by atoms with Gasteiger partial charge in [-0.25, -0.2) is 8.42 Å². The molecule has 0 heterocycles. The van der Waals surface area contributed by atoms with Crippen molar-refractivity contribution >= 4 is 25.6 Å². The van der Waals surface area contributed by atoms with Crippen LogP contribution in [0.2, 0.25) is 0 Å². The second kappa shape index (κ2) is 5.97. The summed E-state index contributed by atoms with van der Waals surface area (Å²) in [7, 11) is 1.58. The summed E-state index contributed by atoms with van der Waals surface area (Å²) in [6, 6.07) is 4.74. The highest BCUT2D eigenvalue weighted by Crippen LogP contribution is 2.31. The zero-order valence-electron chi connectivity index (χ0n) is 12.5. The van der Waals surface area contributed by atoms with Gasteiger partial charge < -0.3 is 4.90 Å². The number of hydrogen-bond donors (Lipinski definition) is 0. The molecule has 21 heavy (non-hydrogen) atoms. The first-order valence-electron chi connectivity index (χ1n) is 7.06. The summed E-state index contributed by atoms with van der Waals surface area (Å²) < 4.78 is 23.1. The molecule has 116 valence electrons. The van der Waals surface area contributed by atoms with E-state index in [0.717, 1.165) is 19.4 Å². The Bertz CT molecular complexity index is 651. The maximum Gasteiger partial charge on any atom is 0.261 e. The van der Waals surface area contributed by atoms with Crippen LogP contribution in [0.15, 0.2) is 23.1 Å². The molecule has 0 aliphatic heterocycles. The second-order valence-electron chi connectivity index (χ2n) is 5.91. The first-order chi connectivity index (χ1) is 9.70. The summed E-state index contributed by atoms with van der Waals surface area (Å²) in [5.41, 5.74) is 0.911. The van der Waals surface area contributed by atoms with Gasteiger partial charge in [-0.1, -0.05) is 6.07 Å². The van der Waals surface area contributed by atoms with Crippen LogP contribution < -0.4 is 0 Å². The predicted molar refractivity (Wildman–Crippen MR) is 83.1 cm³/mol. The van der Waals surface area contributed by atoms with Gasteiger partial charge in [0.15, 0.2) is 0 Å². The summed E-state index contributed by atoms with van der Waals surface area (Å²) in [6.45, 7) is 6.32. The van der Waals surface area contributed by atoms with Gasteiger partial charge in [-0.3, -0.25) is 4.79 Å². The molecule has 1 amide bonds. The lowest BCUT2D eigenvalue weighted by Gasteiger charge is -2.27. The maximum absolute atomic E-state index is 12.6. The molecule has 6 heteroatoms. The van der Waals surface area contributed by atoms with Crippen molar-refractivity contribution in [3.05, 3.63) is 29.3 Å². The van der Waals surface area contributed by atoms with E-state index in [4.69, 9.17) is 10.7 Å². The highest BCUT2D eigenvalue weighted by Gasteiger charge is 2.29. The minimum atomic E-state index is -3.84. The van der Waals surface area contributed by atoms with Gasteiger partial charge in [0.05, 0.1) is 4.90 Å². The Labute approximate surface area is 130 Å². The van der Waals surface area contributed by atoms with Gasteiger partial charge in [-0.05, 0) is 57.2 Å². The van der Waals surface area contributed by atoms with Crippen molar-refractivity contribution in [2.75, 3.05) is 6.54 Å². The van der Waals surface area contributed by atoms with E-state index in [1.165, 1.54) is 6.07 Å². The van der Waals surface area contributed by atoms with Crippen LogP contribution >= 0.6 is 10.7 Å². The number of amides is 1.